The summed E-state index contributed by atoms with van der Waals surface area (Å²) in [7, 11) is 2.15. The summed E-state index contributed by atoms with van der Waals surface area (Å²) in [6.07, 6.45) is 2.14. The van der Waals surface area contributed by atoms with Crippen molar-refractivity contribution in [1.82, 2.24) is 9.80 Å². The van der Waals surface area contributed by atoms with Crippen LogP contribution in [0.4, 0.5) is 0 Å². The van der Waals surface area contributed by atoms with Crippen LogP contribution in [-0.2, 0) is 4.79 Å². The zero-order valence-corrected chi connectivity index (χ0v) is 11.4. The highest BCUT2D eigenvalue weighted by molar-refractivity contribution is 5.81. The smallest absolute Gasteiger partial charge is 0.228 e. The molecule has 0 saturated carbocycles. The van der Waals surface area contributed by atoms with Gasteiger partial charge in [0.15, 0.2) is 0 Å². The van der Waals surface area contributed by atoms with Crippen LogP contribution in [0.1, 0.15) is 40.5 Å². The zero-order valence-electron chi connectivity index (χ0n) is 11.4. The van der Waals surface area contributed by atoms with Gasteiger partial charge in [-0.2, -0.15) is 0 Å². The second-order valence-corrected chi connectivity index (χ2v) is 5.93. The Labute approximate surface area is 99.8 Å². The standard InChI is InChI=1S/C13H26N2O/c1-6-11-10-14(5)8-7-9-15(11)12(16)13(2,3)4/h11H,6-10H2,1-5H3. The van der Waals surface area contributed by atoms with Gasteiger partial charge in [0.05, 0.1) is 0 Å². The number of rotatable bonds is 1. The summed E-state index contributed by atoms with van der Waals surface area (Å²) in [5.74, 6) is 0.301. The van der Waals surface area contributed by atoms with E-state index in [1.807, 2.05) is 20.8 Å². The van der Waals surface area contributed by atoms with Gasteiger partial charge in [0.25, 0.3) is 0 Å². The highest BCUT2D eigenvalue weighted by Gasteiger charge is 2.32. The van der Waals surface area contributed by atoms with Crippen molar-refractivity contribution < 1.29 is 4.79 Å². The number of hydrogen-bond acceptors (Lipinski definition) is 2. The molecule has 1 unspecified atom stereocenters. The van der Waals surface area contributed by atoms with Crippen molar-refractivity contribution in [3.05, 3.63) is 0 Å². The van der Waals surface area contributed by atoms with Gasteiger partial charge >= 0.3 is 0 Å². The van der Waals surface area contributed by atoms with Crippen LogP contribution >= 0.6 is 0 Å². The monoisotopic (exact) mass is 226 g/mol. The molecule has 0 aromatic heterocycles. The van der Waals surface area contributed by atoms with E-state index in [0.29, 0.717) is 11.9 Å². The highest BCUT2D eigenvalue weighted by atomic mass is 16.2. The van der Waals surface area contributed by atoms with Crippen LogP contribution in [0.5, 0.6) is 0 Å². The molecule has 1 aliphatic rings. The molecule has 3 nitrogen and oxygen atoms in total. The SMILES string of the molecule is CCC1CN(C)CCCN1C(=O)C(C)(C)C. The van der Waals surface area contributed by atoms with E-state index in [1.54, 1.807) is 0 Å². The first-order chi connectivity index (χ1) is 7.36. The van der Waals surface area contributed by atoms with Crippen molar-refractivity contribution in [1.29, 1.82) is 0 Å². The molecule has 0 bridgehead atoms. The Morgan fingerprint density at radius 2 is 1.94 bits per heavy atom. The van der Waals surface area contributed by atoms with Gasteiger partial charge in [-0.3, -0.25) is 4.79 Å². The molecule has 3 heteroatoms. The minimum atomic E-state index is -0.254. The van der Waals surface area contributed by atoms with E-state index in [4.69, 9.17) is 0 Å². The van der Waals surface area contributed by atoms with Gasteiger partial charge in [-0.25, -0.2) is 0 Å². The van der Waals surface area contributed by atoms with Crippen molar-refractivity contribution in [3.63, 3.8) is 0 Å². The van der Waals surface area contributed by atoms with Gasteiger partial charge in [-0.05, 0) is 26.4 Å². The fourth-order valence-corrected chi connectivity index (χ4v) is 2.29. The topological polar surface area (TPSA) is 23.6 Å². The lowest BCUT2D eigenvalue weighted by atomic mass is 9.93. The molecule has 1 saturated heterocycles. The van der Waals surface area contributed by atoms with Crippen molar-refractivity contribution in [2.75, 3.05) is 26.7 Å². The molecular weight excluding hydrogens is 200 g/mol. The average molecular weight is 226 g/mol. The lowest BCUT2D eigenvalue weighted by molar-refractivity contribution is -0.141. The van der Waals surface area contributed by atoms with Gasteiger partial charge in [0.1, 0.15) is 0 Å². The Hall–Kier alpha value is -0.570. The van der Waals surface area contributed by atoms with Crippen LogP contribution in [0.2, 0.25) is 0 Å². The van der Waals surface area contributed by atoms with Crippen LogP contribution in [0.15, 0.2) is 0 Å². The number of nitrogens with zero attached hydrogens (tertiary/aromatic N) is 2. The maximum atomic E-state index is 12.4. The molecule has 0 spiro atoms. The largest absolute Gasteiger partial charge is 0.338 e. The molecule has 1 amide bonds. The Morgan fingerprint density at radius 1 is 1.31 bits per heavy atom. The molecule has 1 heterocycles. The van der Waals surface area contributed by atoms with Gasteiger partial charge in [-0.15, -0.1) is 0 Å². The van der Waals surface area contributed by atoms with Crippen LogP contribution in [0.25, 0.3) is 0 Å². The third kappa shape index (κ3) is 3.21. The molecule has 1 fully saturated rings. The van der Waals surface area contributed by atoms with Gasteiger partial charge in [0.2, 0.25) is 5.91 Å². The van der Waals surface area contributed by atoms with Crippen molar-refractivity contribution in [2.24, 2.45) is 5.41 Å². The summed E-state index contributed by atoms with van der Waals surface area (Å²) in [5, 5.41) is 0. The van der Waals surface area contributed by atoms with E-state index in [0.717, 1.165) is 32.5 Å². The fourth-order valence-electron chi connectivity index (χ4n) is 2.29. The maximum absolute atomic E-state index is 12.4. The Morgan fingerprint density at radius 3 is 2.44 bits per heavy atom. The number of carbonyl (C=O) groups excluding carboxylic acids is 1. The van der Waals surface area contributed by atoms with E-state index in [1.165, 1.54) is 0 Å². The quantitative estimate of drug-likeness (QED) is 0.682. The zero-order chi connectivity index (χ0) is 12.3. The van der Waals surface area contributed by atoms with Crippen molar-refractivity contribution in [2.45, 2.75) is 46.6 Å². The van der Waals surface area contributed by atoms with Crippen LogP contribution in [0, 0.1) is 5.41 Å². The second kappa shape index (κ2) is 5.17. The number of amides is 1. The third-order valence-electron chi connectivity index (χ3n) is 3.28. The lowest BCUT2D eigenvalue weighted by Crippen LogP contribution is -2.48. The fraction of sp³-hybridized carbons (Fsp3) is 0.923. The normalized spacial score (nSPS) is 24.3. The van der Waals surface area contributed by atoms with Crippen LogP contribution < -0.4 is 0 Å². The molecule has 0 aromatic carbocycles. The molecule has 0 aromatic rings. The van der Waals surface area contributed by atoms with Crippen LogP contribution in [0.3, 0.4) is 0 Å². The predicted molar refractivity (Wildman–Crippen MR) is 67.4 cm³/mol. The molecular formula is C13H26N2O. The van der Waals surface area contributed by atoms with E-state index >= 15 is 0 Å². The van der Waals surface area contributed by atoms with Crippen molar-refractivity contribution >= 4 is 5.91 Å². The molecule has 1 aliphatic heterocycles. The third-order valence-corrected chi connectivity index (χ3v) is 3.28. The van der Waals surface area contributed by atoms with E-state index in [9.17, 15) is 4.79 Å². The molecule has 94 valence electrons. The van der Waals surface area contributed by atoms with Crippen LogP contribution in [-0.4, -0.2) is 48.4 Å². The second-order valence-electron chi connectivity index (χ2n) is 5.93. The summed E-state index contributed by atoms with van der Waals surface area (Å²) < 4.78 is 0. The molecule has 1 rings (SSSR count). The molecule has 0 aliphatic carbocycles. The molecule has 1 atom stereocenters. The number of likely N-dealkylation sites (N-methyl/N-ethyl adjacent to an activating group) is 1. The van der Waals surface area contributed by atoms with E-state index < -0.39 is 0 Å². The summed E-state index contributed by atoms with van der Waals surface area (Å²) in [6, 6.07) is 0.388. The predicted octanol–water partition coefficient (Wildman–Crippen LogP) is 1.98. The first-order valence-corrected chi connectivity index (χ1v) is 6.36. The Bertz CT molecular complexity index is 245. The Kier molecular flexibility index (Phi) is 4.36. The highest BCUT2D eigenvalue weighted by Crippen LogP contribution is 2.22. The Balaban J connectivity index is 2.79. The van der Waals surface area contributed by atoms with Gasteiger partial charge in [-0.1, -0.05) is 27.7 Å². The lowest BCUT2D eigenvalue weighted by Gasteiger charge is -2.35. The molecule has 0 radical (unpaired) electrons. The summed E-state index contributed by atoms with van der Waals surface area (Å²) in [5.41, 5.74) is -0.254. The average Bonchev–Trinajstić information content (AvgIpc) is 2.36. The van der Waals surface area contributed by atoms with E-state index in [-0.39, 0.29) is 5.41 Å². The van der Waals surface area contributed by atoms with Gasteiger partial charge in [0, 0.05) is 24.5 Å². The van der Waals surface area contributed by atoms with Crippen molar-refractivity contribution in [3.8, 4) is 0 Å². The summed E-state index contributed by atoms with van der Waals surface area (Å²) >= 11 is 0. The minimum absolute atomic E-state index is 0.254. The number of carbonyl (C=O) groups is 1. The first kappa shape index (κ1) is 13.5. The molecule has 16 heavy (non-hydrogen) atoms. The van der Waals surface area contributed by atoms with Gasteiger partial charge < -0.3 is 9.80 Å². The first-order valence-electron chi connectivity index (χ1n) is 6.36. The molecule has 0 N–H and O–H groups in total. The maximum Gasteiger partial charge on any atom is 0.228 e. The summed E-state index contributed by atoms with van der Waals surface area (Å²) in [4.78, 5) is 16.8. The minimum Gasteiger partial charge on any atom is -0.338 e. The summed E-state index contributed by atoms with van der Waals surface area (Å²) in [6.45, 7) is 11.2. The van der Waals surface area contributed by atoms with E-state index in [2.05, 4.69) is 23.8 Å². The number of hydrogen-bond donors (Lipinski definition) is 0.